The molecule has 114 valence electrons. The lowest BCUT2D eigenvalue weighted by molar-refractivity contribution is -0.139. The first-order valence-corrected chi connectivity index (χ1v) is 7.16. The Balaban J connectivity index is 2.29. The normalized spacial score (nSPS) is 20.0. The average molecular weight is 290 g/mol. The van der Waals surface area contributed by atoms with Crippen LogP contribution < -0.4 is 10.1 Å². The summed E-state index contributed by atoms with van der Waals surface area (Å²) in [5.74, 6) is 0.265. The molecule has 1 aromatic rings. The fraction of sp³-hybridized carbons (Fsp3) is 0.500. The van der Waals surface area contributed by atoms with Gasteiger partial charge in [0.2, 0.25) is 11.8 Å². The van der Waals surface area contributed by atoms with Crippen molar-refractivity contribution in [3.63, 3.8) is 0 Å². The number of imide groups is 1. The Bertz CT molecular complexity index is 556. The van der Waals surface area contributed by atoms with Gasteiger partial charge in [-0.15, -0.1) is 0 Å². The van der Waals surface area contributed by atoms with Crippen LogP contribution in [0.25, 0.3) is 0 Å². The van der Waals surface area contributed by atoms with Crippen LogP contribution in [0.1, 0.15) is 37.4 Å². The van der Waals surface area contributed by atoms with Gasteiger partial charge in [-0.3, -0.25) is 14.5 Å². The first-order valence-electron chi connectivity index (χ1n) is 7.16. The standard InChI is InChI=1S/C16H22N2O3/c1-10-7-15(19)18(16(10)20)9-13-8-12(11(2)17-3)5-6-14(13)21-4/h5-6,8,10-11,17H,7,9H2,1-4H3. The molecule has 0 spiro atoms. The van der Waals surface area contributed by atoms with Gasteiger partial charge < -0.3 is 10.1 Å². The summed E-state index contributed by atoms with van der Waals surface area (Å²) in [6.07, 6.45) is 0.299. The van der Waals surface area contributed by atoms with Crippen molar-refractivity contribution in [2.24, 2.45) is 5.92 Å². The Morgan fingerprint density at radius 2 is 2.14 bits per heavy atom. The van der Waals surface area contributed by atoms with Gasteiger partial charge in [0.05, 0.1) is 13.7 Å². The maximum Gasteiger partial charge on any atom is 0.232 e. The quantitative estimate of drug-likeness (QED) is 0.841. The molecule has 0 aliphatic carbocycles. The molecule has 2 amide bonds. The highest BCUT2D eigenvalue weighted by Gasteiger charge is 2.35. The van der Waals surface area contributed by atoms with Gasteiger partial charge in [-0.25, -0.2) is 0 Å². The van der Waals surface area contributed by atoms with Gasteiger partial charge in [0.15, 0.2) is 0 Å². The molecular formula is C16H22N2O3. The Labute approximate surface area is 125 Å². The van der Waals surface area contributed by atoms with Gasteiger partial charge in [0.25, 0.3) is 0 Å². The third-order valence-corrected chi connectivity index (χ3v) is 4.04. The number of hydrogen-bond acceptors (Lipinski definition) is 4. The van der Waals surface area contributed by atoms with Gasteiger partial charge in [-0.1, -0.05) is 13.0 Å². The number of carbonyl (C=O) groups is 2. The lowest BCUT2D eigenvalue weighted by Crippen LogP contribution is -2.30. The summed E-state index contributed by atoms with van der Waals surface area (Å²) in [6.45, 7) is 4.12. The Morgan fingerprint density at radius 1 is 1.43 bits per heavy atom. The second-order valence-electron chi connectivity index (χ2n) is 5.50. The molecule has 1 saturated heterocycles. The fourth-order valence-electron chi connectivity index (χ4n) is 2.54. The predicted molar refractivity (Wildman–Crippen MR) is 79.8 cm³/mol. The van der Waals surface area contributed by atoms with Crippen LogP contribution in [0.4, 0.5) is 0 Å². The van der Waals surface area contributed by atoms with Crippen molar-refractivity contribution in [2.45, 2.75) is 32.9 Å². The lowest BCUT2D eigenvalue weighted by Gasteiger charge is -2.19. The summed E-state index contributed by atoms with van der Waals surface area (Å²) >= 11 is 0. The van der Waals surface area contributed by atoms with Gasteiger partial charge in [-0.05, 0) is 31.7 Å². The number of nitrogens with zero attached hydrogens (tertiary/aromatic N) is 1. The highest BCUT2D eigenvalue weighted by molar-refractivity contribution is 6.03. The van der Waals surface area contributed by atoms with Gasteiger partial charge in [0, 0.05) is 23.9 Å². The second-order valence-corrected chi connectivity index (χ2v) is 5.50. The van der Waals surface area contributed by atoms with E-state index in [1.54, 1.807) is 14.0 Å². The zero-order valence-corrected chi connectivity index (χ0v) is 13.0. The van der Waals surface area contributed by atoms with E-state index >= 15 is 0 Å². The van der Waals surface area contributed by atoms with E-state index in [0.717, 1.165) is 11.1 Å². The summed E-state index contributed by atoms with van der Waals surface area (Å²) in [5.41, 5.74) is 1.95. The van der Waals surface area contributed by atoms with Crippen LogP contribution >= 0.6 is 0 Å². The van der Waals surface area contributed by atoms with E-state index in [1.165, 1.54) is 4.90 Å². The fourth-order valence-corrected chi connectivity index (χ4v) is 2.54. The predicted octanol–water partition coefficient (Wildman–Crippen LogP) is 1.87. The molecule has 5 nitrogen and oxygen atoms in total. The maximum absolute atomic E-state index is 12.0. The molecule has 21 heavy (non-hydrogen) atoms. The third-order valence-electron chi connectivity index (χ3n) is 4.04. The first-order chi connectivity index (χ1) is 9.97. The van der Waals surface area contributed by atoms with Gasteiger partial charge in [-0.2, -0.15) is 0 Å². The number of methoxy groups -OCH3 is 1. The lowest BCUT2D eigenvalue weighted by atomic mass is 10.0. The van der Waals surface area contributed by atoms with Crippen molar-refractivity contribution in [1.82, 2.24) is 10.2 Å². The zero-order valence-electron chi connectivity index (χ0n) is 13.0. The van der Waals surface area contributed by atoms with Gasteiger partial charge >= 0.3 is 0 Å². The Hall–Kier alpha value is -1.88. The van der Waals surface area contributed by atoms with Crippen LogP contribution in [0.2, 0.25) is 0 Å². The van der Waals surface area contributed by atoms with Crippen LogP contribution in [0.15, 0.2) is 18.2 Å². The molecule has 1 aliphatic rings. The number of amides is 2. The summed E-state index contributed by atoms with van der Waals surface area (Å²) in [5, 5.41) is 3.18. The smallest absolute Gasteiger partial charge is 0.232 e. The second kappa shape index (κ2) is 6.26. The number of carbonyl (C=O) groups excluding carboxylic acids is 2. The number of ether oxygens (including phenoxy) is 1. The average Bonchev–Trinajstić information content (AvgIpc) is 2.72. The number of rotatable bonds is 5. The van der Waals surface area contributed by atoms with E-state index in [0.29, 0.717) is 12.2 Å². The Morgan fingerprint density at radius 3 is 2.67 bits per heavy atom. The highest BCUT2D eigenvalue weighted by Crippen LogP contribution is 2.28. The van der Waals surface area contributed by atoms with E-state index in [2.05, 4.69) is 12.2 Å². The minimum absolute atomic E-state index is 0.103. The molecule has 0 saturated carbocycles. The minimum atomic E-state index is -0.220. The molecule has 1 aromatic carbocycles. The van der Waals surface area contributed by atoms with E-state index in [-0.39, 0.29) is 30.3 Å². The molecule has 2 unspecified atom stereocenters. The first kappa shape index (κ1) is 15.5. The highest BCUT2D eigenvalue weighted by atomic mass is 16.5. The van der Waals surface area contributed by atoms with Crippen molar-refractivity contribution in [3.8, 4) is 5.75 Å². The van der Waals surface area contributed by atoms with Crippen LogP contribution in [0.5, 0.6) is 5.75 Å². The molecule has 0 aromatic heterocycles. The molecule has 0 bridgehead atoms. The molecule has 1 heterocycles. The van der Waals surface area contributed by atoms with Crippen molar-refractivity contribution in [2.75, 3.05) is 14.2 Å². The molecule has 2 atom stereocenters. The van der Waals surface area contributed by atoms with Gasteiger partial charge in [0.1, 0.15) is 5.75 Å². The molecular weight excluding hydrogens is 268 g/mol. The monoisotopic (exact) mass is 290 g/mol. The third kappa shape index (κ3) is 3.08. The molecule has 0 radical (unpaired) electrons. The van der Waals surface area contributed by atoms with Crippen LogP contribution in [0, 0.1) is 5.92 Å². The van der Waals surface area contributed by atoms with Crippen molar-refractivity contribution in [1.29, 1.82) is 0 Å². The van der Waals surface area contributed by atoms with E-state index in [9.17, 15) is 9.59 Å². The largest absolute Gasteiger partial charge is 0.496 e. The topological polar surface area (TPSA) is 58.6 Å². The number of hydrogen-bond donors (Lipinski definition) is 1. The summed E-state index contributed by atoms with van der Waals surface area (Å²) in [4.78, 5) is 25.3. The van der Waals surface area contributed by atoms with Crippen LogP contribution in [0.3, 0.4) is 0 Å². The molecule has 2 rings (SSSR count). The Kier molecular flexibility index (Phi) is 4.63. The number of benzene rings is 1. The van der Waals surface area contributed by atoms with Crippen molar-refractivity contribution >= 4 is 11.8 Å². The molecule has 1 fully saturated rings. The van der Waals surface area contributed by atoms with Crippen molar-refractivity contribution in [3.05, 3.63) is 29.3 Å². The number of likely N-dealkylation sites (tertiary alicyclic amines) is 1. The molecule has 1 N–H and O–H groups in total. The molecule has 1 aliphatic heterocycles. The SMILES string of the molecule is CNC(C)c1ccc(OC)c(CN2C(=O)CC(C)C2=O)c1. The van der Waals surface area contributed by atoms with Crippen LogP contribution in [-0.4, -0.2) is 30.9 Å². The minimum Gasteiger partial charge on any atom is -0.496 e. The van der Waals surface area contributed by atoms with Crippen molar-refractivity contribution < 1.29 is 14.3 Å². The zero-order chi connectivity index (χ0) is 15.6. The molecule has 5 heteroatoms. The summed E-state index contributed by atoms with van der Waals surface area (Å²) < 4.78 is 5.35. The van der Waals surface area contributed by atoms with Crippen LogP contribution in [-0.2, 0) is 16.1 Å². The summed E-state index contributed by atoms with van der Waals surface area (Å²) in [7, 11) is 3.49. The van der Waals surface area contributed by atoms with E-state index in [1.807, 2.05) is 25.2 Å². The number of nitrogens with one attached hydrogen (secondary N) is 1. The van der Waals surface area contributed by atoms with E-state index in [4.69, 9.17) is 4.74 Å². The summed E-state index contributed by atoms with van der Waals surface area (Å²) in [6, 6.07) is 6.05. The maximum atomic E-state index is 12.0. The van der Waals surface area contributed by atoms with E-state index < -0.39 is 0 Å².